The molecule has 0 saturated heterocycles. The van der Waals surface area contributed by atoms with Crippen molar-refractivity contribution in [1.82, 2.24) is 19.7 Å². The van der Waals surface area contributed by atoms with Crippen LogP contribution in [0, 0.1) is 5.92 Å². The summed E-state index contributed by atoms with van der Waals surface area (Å²) >= 11 is 2.79. The van der Waals surface area contributed by atoms with Crippen LogP contribution in [-0.4, -0.2) is 25.7 Å². The number of rotatable bonds is 7. The average Bonchev–Trinajstić information content (AvgIpc) is 3.37. The summed E-state index contributed by atoms with van der Waals surface area (Å²) in [6.07, 6.45) is 2.72. The van der Waals surface area contributed by atoms with Crippen LogP contribution in [0.4, 0.5) is 5.13 Å². The summed E-state index contributed by atoms with van der Waals surface area (Å²) in [6.45, 7) is 6.09. The molecule has 0 aliphatic carbocycles. The lowest BCUT2D eigenvalue weighted by Gasteiger charge is -2.16. The smallest absolute Gasteiger partial charge is 0.263 e. The van der Waals surface area contributed by atoms with Crippen molar-refractivity contribution in [3.63, 3.8) is 0 Å². The van der Waals surface area contributed by atoms with Crippen molar-refractivity contribution in [2.45, 2.75) is 39.7 Å². The summed E-state index contributed by atoms with van der Waals surface area (Å²) in [4.78, 5) is 31.5. The Hall–Kier alpha value is -2.91. The SMILES string of the molecule is CCC(C(=O)Nc1nnc(CC(C)C)s1)n1cnc2scc(-c3ccccc3)c2c1=O. The van der Waals surface area contributed by atoms with Crippen molar-refractivity contribution in [2.75, 3.05) is 5.32 Å². The Morgan fingerprint density at radius 3 is 2.68 bits per heavy atom. The predicted octanol–water partition coefficient (Wildman–Crippen LogP) is 4.76. The lowest BCUT2D eigenvalue weighted by molar-refractivity contribution is -0.119. The number of thiophene rings is 1. The van der Waals surface area contributed by atoms with E-state index in [1.54, 1.807) is 0 Å². The second kappa shape index (κ2) is 9.07. The summed E-state index contributed by atoms with van der Waals surface area (Å²) in [5, 5.41) is 14.8. The number of benzene rings is 1. The number of amides is 1. The largest absolute Gasteiger partial charge is 0.299 e. The quantitative estimate of drug-likeness (QED) is 0.436. The van der Waals surface area contributed by atoms with Crippen molar-refractivity contribution in [3.8, 4) is 11.1 Å². The van der Waals surface area contributed by atoms with Crippen LogP contribution in [0.5, 0.6) is 0 Å². The third-order valence-electron chi connectivity index (χ3n) is 4.91. The maximum Gasteiger partial charge on any atom is 0.263 e. The molecule has 1 unspecified atom stereocenters. The van der Waals surface area contributed by atoms with Gasteiger partial charge in [-0.15, -0.1) is 21.5 Å². The van der Waals surface area contributed by atoms with Gasteiger partial charge in [0.2, 0.25) is 11.0 Å². The monoisotopic (exact) mass is 453 g/mol. The fourth-order valence-electron chi connectivity index (χ4n) is 3.43. The molecule has 0 saturated carbocycles. The third-order valence-corrected chi connectivity index (χ3v) is 6.66. The molecule has 0 radical (unpaired) electrons. The minimum absolute atomic E-state index is 0.218. The van der Waals surface area contributed by atoms with Gasteiger partial charge >= 0.3 is 0 Å². The first-order chi connectivity index (χ1) is 15.0. The maximum atomic E-state index is 13.4. The minimum atomic E-state index is -0.689. The fourth-order valence-corrected chi connectivity index (χ4v) is 5.29. The number of fused-ring (bicyclic) bond motifs is 1. The molecule has 160 valence electrons. The van der Waals surface area contributed by atoms with Gasteiger partial charge in [-0.25, -0.2) is 4.98 Å². The van der Waals surface area contributed by atoms with Gasteiger partial charge in [0, 0.05) is 17.4 Å². The van der Waals surface area contributed by atoms with Crippen LogP contribution in [0.3, 0.4) is 0 Å². The van der Waals surface area contributed by atoms with Gasteiger partial charge in [0.1, 0.15) is 15.9 Å². The van der Waals surface area contributed by atoms with Gasteiger partial charge < -0.3 is 0 Å². The van der Waals surface area contributed by atoms with E-state index in [1.165, 1.54) is 33.6 Å². The predicted molar refractivity (Wildman–Crippen MR) is 126 cm³/mol. The molecule has 0 fully saturated rings. The zero-order valence-electron chi connectivity index (χ0n) is 17.5. The molecule has 3 heterocycles. The minimum Gasteiger partial charge on any atom is -0.299 e. The molecular weight excluding hydrogens is 430 g/mol. The van der Waals surface area contributed by atoms with Crippen LogP contribution < -0.4 is 10.9 Å². The first-order valence-corrected chi connectivity index (χ1v) is 11.8. The number of hydrogen-bond acceptors (Lipinski definition) is 7. The van der Waals surface area contributed by atoms with Crippen molar-refractivity contribution >= 4 is 43.9 Å². The highest BCUT2D eigenvalue weighted by Crippen LogP contribution is 2.31. The Morgan fingerprint density at radius 2 is 1.97 bits per heavy atom. The summed E-state index contributed by atoms with van der Waals surface area (Å²) in [5.41, 5.74) is 1.57. The number of aromatic nitrogens is 4. The van der Waals surface area contributed by atoms with Crippen molar-refractivity contribution in [3.05, 3.63) is 57.4 Å². The van der Waals surface area contributed by atoms with E-state index in [-0.39, 0.29) is 11.5 Å². The summed E-state index contributed by atoms with van der Waals surface area (Å²) in [6, 6.07) is 9.05. The van der Waals surface area contributed by atoms with Gasteiger partial charge in [-0.1, -0.05) is 62.4 Å². The first kappa shape index (κ1) is 21.3. The van der Waals surface area contributed by atoms with Crippen LogP contribution in [0.2, 0.25) is 0 Å². The lowest BCUT2D eigenvalue weighted by atomic mass is 10.1. The highest BCUT2D eigenvalue weighted by atomic mass is 32.1. The van der Waals surface area contributed by atoms with Gasteiger partial charge in [-0.3, -0.25) is 19.5 Å². The number of nitrogens with one attached hydrogen (secondary N) is 1. The Morgan fingerprint density at radius 1 is 1.19 bits per heavy atom. The van der Waals surface area contributed by atoms with Crippen molar-refractivity contribution in [2.24, 2.45) is 5.92 Å². The second-order valence-corrected chi connectivity index (χ2v) is 9.58. The van der Waals surface area contributed by atoms with Gasteiger partial charge in [0.25, 0.3) is 5.56 Å². The Kier molecular flexibility index (Phi) is 6.24. The molecule has 4 aromatic rings. The lowest BCUT2D eigenvalue weighted by Crippen LogP contribution is -2.33. The molecule has 9 heteroatoms. The van der Waals surface area contributed by atoms with E-state index in [0.29, 0.717) is 27.7 Å². The standard InChI is InChI=1S/C22H23N5O2S2/c1-4-16(19(28)24-22-26-25-17(31-22)10-13(2)3)27-12-23-20-18(21(27)29)15(11-30-20)14-8-6-5-7-9-14/h5-9,11-13,16H,4,10H2,1-3H3,(H,24,26,28). The van der Waals surface area contributed by atoms with Gasteiger partial charge in [0.05, 0.1) is 11.7 Å². The zero-order valence-corrected chi connectivity index (χ0v) is 19.2. The molecule has 3 aromatic heterocycles. The van der Waals surface area contributed by atoms with Gasteiger partial charge in [-0.05, 0) is 17.9 Å². The summed E-state index contributed by atoms with van der Waals surface area (Å²) in [5.74, 6) is 0.162. The first-order valence-electron chi connectivity index (χ1n) is 10.1. The molecular formula is C22H23N5O2S2. The van der Waals surface area contributed by atoms with Crippen molar-refractivity contribution in [1.29, 1.82) is 0 Å². The fraction of sp³-hybridized carbons (Fsp3) is 0.318. The summed E-state index contributed by atoms with van der Waals surface area (Å²) in [7, 11) is 0. The molecule has 1 aromatic carbocycles. The van der Waals surface area contributed by atoms with Crippen LogP contribution in [0.25, 0.3) is 21.3 Å². The number of carbonyl (C=O) groups is 1. The average molecular weight is 454 g/mol. The molecule has 1 atom stereocenters. The van der Waals surface area contributed by atoms with E-state index in [0.717, 1.165) is 22.6 Å². The molecule has 1 amide bonds. The molecule has 1 N–H and O–H groups in total. The van der Waals surface area contributed by atoms with Crippen LogP contribution in [0.1, 0.15) is 38.2 Å². The van der Waals surface area contributed by atoms with E-state index in [4.69, 9.17) is 0 Å². The van der Waals surface area contributed by atoms with E-state index in [2.05, 4.69) is 34.3 Å². The van der Waals surface area contributed by atoms with E-state index in [9.17, 15) is 9.59 Å². The molecule has 0 spiro atoms. The summed E-state index contributed by atoms with van der Waals surface area (Å²) < 4.78 is 1.42. The van der Waals surface area contributed by atoms with Crippen LogP contribution in [0.15, 0.2) is 46.8 Å². The van der Waals surface area contributed by atoms with Gasteiger partial charge in [-0.2, -0.15) is 0 Å². The van der Waals surface area contributed by atoms with Gasteiger partial charge in [0.15, 0.2) is 0 Å². The van der Waals surface area contributed by atoms with E-state index >= 15 is 0 Å². The Labute approximate surface area is 187 Å². The number of hydrogen-bond donors (Lipinski definition) is 1. The molecule has 7 nitrogen and oxygen atoms in total. The van der Waals surface area contributed by atoms with Crippen LogP contribution in [-0.2, 0) is 11.2 Å². The molecule has 0 bridgehead atoms. The molecule has 0 aliphatic rings. The third kappa shape index (κ3) is 4.42. The normalized spacial score (nSPS) is 12.4. The highest BCUT2D eigenvalue weighted by Gasteiger charge is 2.24. The number of anilines is 1. The number of nitrogens with zero attached hydrogens (tertiary/aromatic N) is 4. The van der Waals surface area contributed by atoms with E-state index in [1.807, 2.05) is 42.6 Å². The zero-order chi connectivity index (χ0) is 22.0. The van der Waals surface area contributed by atoms with Crippen LogP contribution >= 0.6 is 22.7 Å². The maximum absolute atomic E-state index is 13.4. The second-order valence-electron chi connectivity index (χ2n) is 7.66. The number of carbonyl (C=O) groups excluding carboxylic acids is 1. The highest BCUT2D eigenvalue weighted by molar-refractivity contribution is 7.17. The molecule has 4 rings (SSSR count). The van der Waals surface area contributed by atoms with Crippen molar-refractivity contribution < 1.29 is 4.79 Å². The molecule has 0 aliphatic heterocycles. The molecule has 31 heavy (non-hydrogen) atoms. The topological polar surface area (TPSA) is 89.8 Å². The Bertz CT molecular complexity index is 1260. The van der Waals surface area contributed by atoms with E-state index < -0.39 is 6.04 Å². The Balaban J connectivity index is 1.66.